The zero-order chi connectivity index (χ0) is 14.0. The lowest BCUT2D eigenvalue weighted by Gasteiger charge is -2.19. The number of carboxylic acid groups (broad SMARTS) is 1. The maximum atomic E-state index is 11.1. The molecular weight excluding hydrogens is 240 g/mol. The van der Waals surface area contributed by atoms with E-state index >= 15 is 0 Å². The van der Waals surface area contributed by atoms with Crippen LogP contribution in [0.3, 0.4) is 0 Å². The third kappa shape index (κ3) is 2.70. The van der Waals surface area contributed by atoms with Gasteiger partial charge in [0.2, 0.25) is 0 Å². The van der Waals surface area contributed by atoms with E-state index in [1.807, 2.05) is 19.1 Å². The maximum absolute atomic E-state index is 11.1. The smallest absolute Gasteiger partial charge is 0.331 e. The molecule has 3 nitrogen and oxygen atoms in total. The number of aliphatic carboxylic acids is 1. The minimum Gasteiger partial charge on any atom is -0.508 e. The van der Waals surface area contributed by atoms with Crippen LogP contribution in [0.25, 0.3) is 6.08 Å². The lowest BCUT2D eigenvalue weighted by molar-refractivity contribution is -0.132. The molecule has 0 aliphatic heterocycles. The van der Waals surface area contributed by atoms with Gasteiger partial charge in [-0.15, -0.1) is 0 Å². The van der Waals surface area contributed by atoms with Crippen LogP contribution in [0.5, 0.6) is 5.75 Å². The lowest BCUT2D eigenvalue weighted by atomic mass is 9.86. The molecule has 0 saturated heterocycles. The number of rotatable bonds is 3. The number of phenols is 1. The van der Waals surface area contributed by atoms with Gasteiger partial charge in [0.1, 0.15) is 5.75 Å². The Morgan fingerprint density at radius 2 is 2.05 bits per heavy atom. The van der Waals surface area contributed by atoms with E-state index in [1.54, 1.807) is 19.1 Å². The molecule has 1 aromatic carbocycles. The van der Waals surface area contributed by atoms with Gasteiger partial charge in [0.15, 0.2) is 0 Å². The molecular formula is C16H18O3. The molecule has 0 amide bonds. The van der Waals surface area contributed by atoms with Crippen molar-refractivity contribution < 1.29 is 15.0 Å². The minimum atomic E-state index is -0.853. The first kappa shape index (κ1) is 13.4. The van der Waals surface area contributed by atoms with E-state index in [2.05, 4.69) is 0 Å². The molecule has 2 N–H and O–H groups in total. The summed E-state index contributed by atoms with van der Waals surface area (Å²) in [5, 5.41) is 18.6. The molecule has 0 saturated carbocycles. The predicted octanol–water partition coefficient (Wildman–Crippen LogP) is 3.53. The number of hydrogen-bond acceptors (Lipinski definition) is 2. The van der Waals surface area contributed by atoms with E-state index in [4.69, 9.17) is 5.11 Å². The fraction of sp³-hybridized carbons (Fsp3) is 0.312. The molecule has 1 aliphatic rings. The van der Waals surface area contributed by atoms with Crippen LogP contribution in [0.15, 0.2) is 34.9 Å². The number of phenolic OH excluding ortho intramolecular Hbond substituents is 1. The van der Waals surface area contributed by atoms with Crippen molar-refractivity contribution in [3.05, 3.63) is 46.0 Å². The summed E-state index contributed by atoms with van der Waals surface area (Å²) in [6.07, 6.45) is 4.43. The van der Waals surface area contributed by atoms with Gasteiger partial charge in [0, 0.05) is 5.57 Å². The Morgan fingerprint density at radius 1 is 1.32 bits per heavy atom. The van der Waals surface area contributed by atoms with Crippen LogP contribution in [0, 0.1) is 0 Å². The Kier molecular flexibility index (Phi) is 3.74. The van der Waals surface area contributed by atoms with Crippen molar-refractivity contribution in [1.29, 1.82) is 0 Å². The molecule has 0 radical (unpaired) electrons. The summed E-state index contributed by atoms with van der Waals surface area (Å²) in [6.45, 7) is 3.64. The van der Waals surface area contributed by atoms with Crippen LogP contribution in [0.4, 0.5) is 0 Å². The van der Waals surface area contributed by atoms with E-state index in [-0.39, 0.29) is 5.75 Å². The van der Waals surface area contributed by atoms with Crippen molar-refractivity contribution in [1.82, 2.24) is 0 Å². The minimum absolute atomic E-state index is 0.281. The highest BCUT2D eigenvalue weighted by Gasteiger charge is 2.17. The van der Waals surface area contributed by atoms with Crippen molar-refractivity contribution in [3.63, 3.8) is 0 Å². The third-order valence-corrected chi connectivity index (χ3v) is 3.63. The molecule has 0 bridgehead atoms. The van der Waals surface area contributed by atoms with Crippen molar-refractivity contribution in [2.45, 2.75) is 33.1 Å². The molecule has 0 aromatic heterocycles. The SMILES string of the molecule is CC/C(C1=Cc2ccc(O)cc2CC1)=C(/C)C(=O)O. The molecule has 19 heavy (non-hydrogen) atoms. The molecule has 0 heterocycles. The van der Waals surface area contributed by atoms with E-state index in [0.29, 0.717) is 5.57 Å². The monoisotopic (exact) mass is 258 g/mol. The molecule has 0 fully saturated rings. The lowest BCUT2D eigenvalue weighted by Crippen LogP contribution is -2.06. The Bertz CT molecular complexity index is 580. The molecule has 1 aromatic rings. The second kappa shape index (κ2) is 5.31. The quantitative estimate of drug-likeness (QED) is 0.815. The first-order valence-corrected chi connectivity index (χ1v) is 6.48. The molecule has 0 atom stereocenters. The van der Waals surface area contributed by atoms with Crippen molar-refractivity contribution in [2.75, 3.05) is 0 Å². The summed E-state index contributed by atoms with van der Waals surface area (Å²) >= 11 is 0. The summed E-state index contributed by atoms with van der Waals surface area (Å²) in [7, 11) is 0. The van der Waals surface area contributed by atoms with Gasteiger partial charge in [0.05, 0.1) is 0 Å². The van der Waals surface area contributed by atoms with Gasteiger partial charge in [-0.25, -0.2) is 4.79 Å². The summed E-state index contributed by atoms with van der Waals surface area (Å²) in [5.74, 6) is -0.571. The van der Waals surface area contributed by atoms with Crippen LogP contribution in [0.2, 0.25) is 0 Å². The Hall–Kier alpha value is -2.03. The number of carbonyl (C=O) groups is 1. The number of allylic oxidation sites excluding steroid dienone is 2. The summed E-state index contributed by atoms with van der Waals surface area (Å²) in [4.78, 5) is 11.1. The number of aryl methyl sites for hydroxylation is 1. The number of hydrogen-bond donors (Lipinski definition) is 2. The fourth-order valence-electron chi connectivity index (χ4n) is 2.58. The van der Waals surface area contributed by atoms with Crippen LogP contribution < -0.4 is 0 Å². The number of fused-ring (bicyclic) bond motifs is 1. The van der Waals surface area contributed by atoms with E-state index in [9.17, 15) is 9.90 Å². The highest BCUT2D eigenvalue weighted by molar-refractivity contribution is 5.88. The number of benzene rings is 1. The average Bonchev–Trinajstić information content (AvgIpc) is 2.39. The van der Waals surface area contributed by atoms with Crippen LogP contribution in [-0.2, 0) is 11.2 Å². The predicted molar refractivity (Wildman–Crippen MR) is 75.0 cm³/mol. The van der Waals surface area contributed by atoms with Gasteiger partial charge in [0.25, 0.3) is 0 Å². The molecule has 1 aliphatic carbocycles. The first-order chi connectivity index (χ1) is 9.02. The van der Waals surface area contributed by atoms with Gasteiger partial charge in [-0.3, -0.25) is 0 Å². The van der Waals surface area contributed by atoms with Crippen LogP contribution in [0.1, 0.15) is 37.8 Å². The Balaban J connectivity index is 2.45. The molecule has 100 valence electrons. The zero-order valence-corrected chi connectivity index (χ0v) is 11.2. The van der Waals surface area contributed by atoms with Gasteiger partial charge in [-0.05, 0) is 60.6 Å². The van der Waals surface area contributed by atoms with E-state index in [0.717, 1.165) is 41.5 Å². The number of aromatic hydroxyl groups is 1. The highest BCUT2D eigenvalue weighted by Crippen LogP contribution is 2.32. The van der Waals surface area contributed by atoms with Gasteiger partial charge < -0.3 is 10.2 Å². The van der Waals surface area contributed by atoms with E-state index < -0.39 is 5.97 Å². The summed E-state index contributed by atoms with van der Waals surface area (Å²) < 4.78 is 0. The Morgan fingerprint density at radius 3 is 2.68 bits per heavy atom. The van der Waals surface area contributed by atoms with Crippen molar-refractivity contribution >= 4 is 12.0 Å². The summed E-state index contributed by atoms with van der Waals surface area (Å²) in [5.41, 5.74) is 4.64. The molecule has 0 spiro atoms. The average molecular weight is 258 g/mol. The Labute approximate surface area is 112 Å². The van der Waals surface area contributed by atoms with E-state index in [1.165, 1.54) is 0 Å². The second-order valence-corrected chi connectivity index (χ2v) is 4.81. The van der Waals surface area contributed by atoms with Gasteiger partial charge in [-0.1, -0.05) is 19.1 Å². The van der Waals surface area contributed by atoms with Crippen molar-refractivity contribution in [3.8, 4) is 5.75 Å². The second-order valence-electron chi connectivity index (χ2n) is 4.81. The van der Waals surface area contributed by atoms with Gasteiger partial charge >= 0.3 is 5.97 Å². The third-order valence-electron chi connectivity index (χ3n) is 3.63. The highest BCUT2D eigenvalue weighted by atomic mass is 16.4. The summed E-state index contributed by atoms with van der Waals surface area (Å²) in [6, 6.07) is 5.33. The number of carboxylic acids is 1. The van der Waals surface area contributed by atoms with Crippen LogP contribution in [-0.4, -0.2) is 16.2 Å². The van der Waals surface area contributed by atoms with Crippen LogP contribution >= 0.6 is 0 Å². The largest absolute Gasteiger partial charge is 0.508 e. The fourth-order valence-corrected chi connectivity index (χ4v) is 2.58. The molecule has 2 rings (SSSR count). The normalized spacial score (nSPS) is 15.4. The van der Waals surface area contributed by atoms with Gasteiger partial charge in [-0.2, -0.15) is 0 Å². The molecule has 0 unspecified atom stereocenters. The zero-order valence-electron chi connectivity index (χ0n) is 11.2. The first-order valence-electron chi connectivity index (χ1n) is 6.48. The maximum Gasteiger partial charge on any atom is 0.331 e. The van der Waals surface area contributed by atoms with Crippen molar-refractivity contribution in [2.24, 2.45) is 0 Å². The molecule has 3 heteroatoms. The standard InChI is InChI=1S/C16H18O3/c1-3-15(10(2)16(18)19)13-5-4-12-9-14(17)7-6-11(12)8-13/h6-9,17H,3-5H2,1-2H3,(H,18,19)/b15-10+. The topological polar surface area (TPSA) is 57.5 Å².